The highest BCUT2D eigenvalue weighted by Gasteiger charge is 2.13. The fourth-order valence-corrected chi connectivity index (χ4v) is 4.82. The Balaban J connectivity index is 1.28. The van der Waals surface area contributed by atoms with E-state index in [4.69, 9.17) is 11.6 Å². The van der Waals surface area contributed by atoms with Crippen molar-refractivity contribution in [3.8, 4) is 0 Å². The van der Waals surface area contributed by atoms with Crippen LogP contribution in [0.1, 0.15) is 89.2 Å². The Morgan fingerprint density at radius 2 is 1.38 bits per heavy atom. The number of hydrogen-bond donors (Lipinski definition) is 3. The van der Waals surface area contributed by atoms with Gasteiger partial charge in [-0.3, -0.25) is 0 Å². The third-order valence-corrected chi connectivity index (χ3v) is 6.51. The van der Waals surface area contributed by atoms with Crippen molar-refractivity contribution < 1.29 is 0 Å². The molecule has 0 spiro atoms. The Morgan fingerprint density at radius 1 is 0.759 bits per heavy atom. The zero-order valence-electron chi connectivity index (χ0n) is 18.0. The Morgan fingerprint density at radius 3 is 2.03 bits per heavy atom. The number of halogens is 1. The minimum absolute atomic E-state index is 0.540. The van der Waals surface area contributed by atoms with Gasteiger partial charge < -0.3 is 16.0 Å². The molecule has 29 heavy (non-hydrogen) atoms. The minimum Gasteiger partial charge on any atom is -0.354 e. The summed E-state index contributed by atoms with van der Waals surface area (Å²) in [6.07, 6.45) is 18.1. The quantitative estimate of drug-likeness (QED) is 0.323. The van der Waals surface area contributed by atoms with Crippen LogP contribution in [0.3, 0.4) is 0 Å². The maximum atomic E-state index is 6.22. The van der Waals surface area contributed by atoms with Crippen LogP contribution in [0.2, 0.25) is 5.15 Å². The summed E-state index contributed by atoms with van der Waals surface area (Å²) >= 11 is 6.22. The lowest BCUT2D eigenvalue weighted by Crippen LogP contribution is -2.32. The van der Waals surface area contributed by atoms with E-state index in [1.165, 1.54) is 70.6 Å². The van der Waals surface area contributed by atoms with Crippen molar-refractivity contribution >= 4 is 17.5 Å². The molecule has 1 aromatic rings. The van der Waals surface area contributed by atoms with Gasteiger partial charge in [0, 0.05) is 24.3 Å². The van der Waals surface area contributed by atoms with E-state index in [1.807, 2.05) is 6.07 Å². The Hall–Kier alpha value is -0.910. The predicted molar refractivity (Wildman–Crippen MR) is 123 cm³/mol. The summed E-state index contributed by atoms with van der Waals surface area (Å²) in [7, 11) is 0. The Labute approximate surface area is 182 Å². The molecule has 5 nitrogen and oxygen atoms in total. The van der Waals surface area contributed by atoms with Crippen LogP contribution < -0.4 is 16.0 Å². The van der Waals surface area contributed by atoms with Crippen molar-refractivity contribution in [1.82, 2.24) is 20.6 Å². The smallest absolute Gasteiger partial charge is 0.224 e. The summed E-state index contributed by atoms with van der Waals surface area (Å²) in [5, 5.41) is 11.3. The summed E-state index contributed by atoms with van der Waals surface area (Å²) in [6.45, 7) is 3.05. The van der Waals surface area contributed by atoms with E-state index in [0.717, 1.165) is 56.7 Å². The molecular formula is C23H40ClN5. The fourth-order valence-electron chi connectivity index (χ4n) is 4.62. The highest BCUT2D eigenvalue weighted by atomic mass is 35.5. The molecule has 0 radical (unpaired) electrons. The van der Waals surface area contributed by atoms with Gasteiger partial charge in [-0.05, 0) is 70.5 Å². The van der Waals surface area contributed by atoms with Crippen LogP contribution in [0.5, 0.6) is 0 Å². The van der Waals surface area contributed by atoms with Crippen molar-refractivity contribution in [2.75, 3.05) is 25.0 Å². The molecule has 3 rings (SSSR count). The first-order valence-electron chi connectivity index (χ1n) is 12.0. The fraction of sp³-hybridized carbons (Fsp3) is 0.826. The van der Waals surface area contributed by atoms with Crippen LogP contribution in [-0.4, -0.2) is 41.7 Å². The van der Waals surface area contributed by atoms with Crippen molar-refractivity contribution in [3.05, 3.63) is 16.9 Å². The van der Waals surface area contributed by atoms with E-state index in [0.29, 0.717) is 11.1 Å². The van der Waals surface area contributed by atoms with Crippen LogP contribution >= 0.6 is 11.6 Å². The van der Waals surface area contributed by atoms with E-state index < -0.39 is 0 Å². The van der Waals surface area contributed by atoms with Crippen LogP contribution in [0.4, 0.5) is 5.95 Å². The van der Waals surface area contributed by atoms with Gasteiger partial charge in [0.1, 0.15) is 5.15 Å². The molecule has 164 valence electrons. The summed E-state index contributed by atoms with van der Waals surface area (Å²) < 4.78 is 0. The van der Waals surface area contributed by atoms with E-state index >= 15 is 0 Å². The second kappa shape index (κ2) is 13.4. The van der Waals surface area contributed by atoms with E-state index in [-0.39, 0.29) is 0 Å². The zero-order chi connectivity index (χ0) is 20.2. The van der Waals surface area contributed by atoms with Crippen LogP contribution in [0.15, 0.2) is 6.07 Å². The molecule has 0 atom stereocenters. The molecule has 3 N–H and O–H groups in total. The first-order chi connectivity index (χ1) is 14.3. The molecule has 0 aromatic carbocycles. The second-order valence-corrected chi connectivity index (χ2v) is 9.21. The lowest BCUT2D eigenvalue weighted by Gasteiger charge is -2.22. The Bertz CT molecular complexity index is 524. The average molecular weight is 422 g/mol. The van der Waals surface area contributed by atoms with Gasteiger partial charge in [-0.25, -0.2) is 9.97 Å². The normalized spacial score (nSPS) is 18.8. The van der Waals surface area contributed by atoms with Gasteiger partial charge in [0.25, 0.3) is 0 Å². The number of rotatable bonds is 12. The number of nitrogens with zero attached hydrogens (tertiary/aromatic N) is 2. The molecule has 0 amide bonds. The van der Waals surface area contributed by atoms with Crippen molar-refractivity contribution in [2.24, 2.45) is 0 Å². The largest absolute Gasteiger partial charge is 0.354 e. The molecule has 0 unspecified atom stereocenters. The number of nitrogens with one attached hydrogen (secondary N) is 3. The van der Waals surface area contributed by atoms with Crippen LogP contribution in [-0.2, 0) is 6.42 Å². The minimum atomic E-state index is 0.540. The van der Waals surface area contributed by atoms with E-state index in [1.54, 1.807) is 0 Å². The number of aryl methyl sites for hydroxylation is 1. The predicted octanol–water partition coefficient (Wildman–Crippen LogP) is 5.10. The summed E-state index contributed by atoms with van der Waals surface area (Å²) in [5.74, 6) is 0.672. The van der Waals surface area contributed by atoms with Gasteiger partial charge in [0.2, 0.25) is 5.95 Å². The Kier molecular flexibility index (Phi) is 10.5. The van der Waals surface area contributed by atoms with Gasteiger partial charge in [0.05, 0.1) is 0 Å². The molecule has 2 fully saturated rings. The second-order valence-electron chi connectivity index (χ2n) is 8.82. The number of hydrogen-bond acceptors (Lipinski definition) is 5. The zero-order valence-corrected chi connectivity index (χ0v) is 18.8. The molecule has 0 saturated heterocycles. The first-order valence-corrected chi connectivity index (χ1v) is 12.4. The van der Waals surface area contributed by atoms with Crippen molar-refractivity contribution in [3.63, 3.8) is 0 Å². The van der Waals surface area contributed by atoms with Crippen LogP contribution in [0, 0.1) is 0 Å². The lowest BCUT2D eigenvalue weighted by molar-refractivity contribution is 0.371. The molecule has 2 aliphatic carbocycles. The third kappa shape index (κ3) is 9.18. The molecule has 0 bridgehead atoms. The SMILES string of the molecule is Clc1cc(CCCCNC2CCCCC2)nc(NCCCNC2CCCCC2)n1. The maximum Gasteiger partial charge on any atom is 0.224 e. The number of anilines is 1. The lowest BCUT2D eigenvalue weighted by atomic mass is 9.95. The van der Waals surface area contributed by atoms with Crippen molar-refractivity contribution in [1.29, 1.82) is 0 Å². The molecule has 2 saturated carbocycles. The summed E-state index contributed by atoms with van der Waals surface area (Å²) in [5.41, 5.74) is 1.05. The first kappa shape index (κ1) is 22.8. The third-order valence-electron chi connectivity index (χ3n) is 6.32. The van der Waals surface area contributed by atoms with E-state index in [2.05, 4.69) is 25.9 Å². The molecule has 0 aliphatic heterocycles. The molecule has 1 aromatic heterocycles. The maximum absolute atomic E-state index is 6.22. The van der Waals surface area contributed by atoms with Gasteiger partial charge in [0.15, 0.2) is 0 Å². The summed E-state index contributed by atoms with van der Waals surface area (Å²) in [4.78, 5) is 9.00. The van der Waals surface area contributed by atoms with Crippen molar-refractivity contribution in [2.45, 2.75) is 102 Å². The highest BCUT2D eigenvalue weighted by molar-refractivity contribution is 6.29. The number of aromatic nitrogens is 2. The summed E-state index contributed by atoms with van der Waals surface area (Å²) in [6, 6.07) is 3.39. The number of unbranched alkanes of at least 4 members (excludes halogenated alkanes) is 1. The van der Waals surface area contributed by atoms with Gasteiger partial charge in [-0.1, -0.05) is 50.1 Å². The van der Waals surface area contributed by atoms with E-state index in [9.17, 15) is 0 Å². The van der Waals surface area contributed by atoms with Gasteiger partial charge in [-0.2, -0.15) is 0 Å². The molecule has 1 heterocycles. The monoisotopic (exact) mass is 421 g/mol. The van der Waals surface area contributed by atoms with Crippen LogP contribution in [0.25, 0.3) is 0 Å². The molecule has 2 aliphatic rings. The molecule has 6 heteroatoms. The van der Waals surface area contributed by atoms with Gasteiger partial charge >= 0.3 is 0 Å². The standard InChI is InChI=1S/C23H40ClN5/c24-22-18-21(14-7-8-15-25-19-10-3-1-4-11-19)28-23(29-22)27-17-9-16-26-20-12-5-2-6-13-20/h18-20,25-26H,1-17H2,(H,27,28,29). The molecular weight excluding hydrogens is 382 g/mol. The highest BCUT2D eigenvalue weighted by Crippen LogP contribution is 2.18. The average Bonchev–Trinajstić information content (AvgIpc) is 2.74. The topological polar surface area (TPSA) is 61.9 Å². The van der Waals surface area contributed by atoms with Gasteiger partial charge in [-0.15, -0.1) is 0 Å².